The Balaban J connectivity index is 1.27. The second-order valence-corrected chi connectivity index (χ2v) is 11.6. The fourth-order valence-electron chi connectivity index (χ4n) is 4.41. The highest BCUT2D eigenvalue weighted by molar-refractivity contribution is 9.10. The maximum atomic E-state index is 12.9. The molecule has 35 heavy (non-hydrogen) atoms. The molecule has 10 heteroatoms. The maximum absolute atomic E-state index is 12.9. The van der Waals surface area contributed by atoms with Gasteiger partial charge in [-0.3, -0.25) is 0 Å². The Morgan fingerprint density at radius 1 is 1.06 bits per heavy atom. The van der Waals surface area contributed by atoms with Gasteiger partial charge in [-0.15, -0.1) is 0 Å². The van der Waals surface area contributed by atoms with Crippen LogP contribution in [0.5, 0.6) is 5.75 Å². The standard InChI is InChI=1S/C25H26BrN5O3S/c26-21-16-28-31-24(14-22(29-25(21)31)20-8-4-5-9-23(20)32)27-15-18-10-12-30(13-11-18)35(33,34)17-19-6-2-1-3-7-19/h1-9,14,16,18,27,32H,10-13,15,17H2. The van der Waals surface area contributed by atoms with E-state index in [1.165, 1.54) is 0 Å². The zero-order valence-corrected chi connectivity index (χ0v) is 21.4. The molecular formula is C25H26BrN5O3S. The average Bonchev–Trinajstić information content (AvgIpc) is 3.24. The van der Waals surface area contributed by atoms with Crippen molar-refractivity contribution in [3.63, 3.8) is 0 Å². The molecule has 0 unspecified atom stereocenters. The van der Waals surface area contributed by atoms with Crippen LogP contribution in [-0.4, -0.2) is 52.1 Å². The summed E-state index contributed by atoms with van der Waals surface area (Å²) >= 11 is 3.50. The summed E-state index contributed by atoms with van der Waals surface area (Å²) in [5, 5.41) is 18.2. The lowest BCUT2D eigenvalue weighted by Gasteiger charge is -2.31. The average molecular weight is 556 g/mol. The number of phenols is 1. The van der Waals surface area contributed by atoms with E-state index in [0.29, 0.717) is 42.5 Å². The number of aromatic nitrogens is 3. The number of piperidine rings is 1. The summed E-state index contributed by atoms with van der Waals surface area (Å²) in [6.07, 6.45) is 3.26. The summed E-state index contributed by atoms with van der Waals surface area (Å²) < 4.78 is 29.8. The zero-order chi connectivity index (χ0) is 24.4. The molecule has 1 saturated heterocycles. The van der Waals surface area contributed by atoms with Gasteiger partial charge in [-0.25, -0.2) is 17.7 Å². The van der Waals surface area contributed by atoms with Gasteiger partial charge in [-0.05, 0) is 52.4 Å². The molecule has 0 bridgehead atoms. The largest absolute Gasteiger partial charge is 0.507 e. The molecule has 8 nitrogen and oxygen atoms in total. The van der Waals surface area contributed by atoms with Crippen LogP contribution in [0.25, 0.3) is 16.9 Å². The topological polar surface area (TPSA) is 99.8 Å². The number of para-hydroxylation sites is 1. The predicted molar refractivity (Wildman–Crippen MR) is 140 cm³/mol. The Morgan fingerprint density at radius 3 is 2.51 bits per heavy atom. The van der Waals surface area contributed by atoms with Crippen molar-refractivity contribution < 1.29 is 13.5 Å². The predicted octanol–water partition coefficient (Wildman–Crippen LogP) is 4.52. The van der Waals surface area contributed by atoms with E-state index in [0.717, 1.165) is 28.7 Å². The van der Waals surface area contributed by atoms with Gasteiger partial charge in [0.25, 0.3) is 0 Å². The lowest BCUT2D eigenvalue weighted by atomic mass is 9.98. The molecule has 0 aliphatic carbocycles. The van der Waals surface area contributed by atoms with Gasteiger partial charge < -0.3 is 10.4 Å². The van der Waals surface area contributed by atoms with Crippen LogP contribution in [0, 0.1) is 5.92 Å². The Kier molecular flexibility index (Phi) is 6.77. The summed E-state index contributed by atoms with van der Waals surface area (Å²) in [7, 11) is -3.33. The monoisotopic (exact) mass is 555 g/mol. The molecule has 1 aliphatic heterocycles. The molecule has 0 spiro atoms. The number of anilines is 1. The fraction of sp³-hybridized carbons (Fsp3) is 0.280. The summed E-state index contributed by atoms with van der Waals surface area (Å²) in [4.78, 5) is 4.67. The number of fused-ring (bicyclic) bond motifs is 1. The second-order valence-electron chi connectivity index (χ2n) is 8.74. The minimum atomic E-state index is -3.33. The van der Waals surface area contributed by atoms with Crippen LogP contribution in [0.3, 0.4) is 0 Å². The normalized spacial score (nSPS) is 15.5. The van der Waals surface area contributed by atoms with Gasteiger partial charge >= 0.3 is 0 Å². The van der Waals surface area contributed by atoms with Crippen molar-refractivity contribution in [2.24, 2.45) is 5.92 Å². The molecule has 1 fully saturated rings. The number of nitrogens with one attached hydrogen (secondary N) is 1. The Hall–Kier alpha value is -2.95. The molecule has 2 N–H and O–H groups in total. The van der Waals surface area contributed by atoms with E-state index in [1.807, 2.05) is 48.5 Å². The molecule has 3 heterocycles. The molecule has 2 aromatic heterocycles. The number of halogens is 1. The van der Waals surface area contributed by atoms with E-state index in [9.17, 15) is 13.5 Å². The van der Waals surface area contributed by atoms with Crippen molar-refractivity contribution in [1.82, 2.24) is 18.9 Å². The van der Waals surface area contributed by atoms with Crippen molar-refractivity contribution in [3.05, 3.63) is 76.9 Å². The summed E-state index contributed by atoms with van der Waals surface area (Å²) in [6, 6.07) is 18.3. The number of aromatic hydroxyl groups is 1. The van der Waals surface area contributed by atoms with Crippen LogP contribution in [0.2, 0.25) is 0 Å². The van der Waals surface area contributed by atoms with Crippen LogP contribution in [0.1, 0.15) is 18.4 Å². The minimum Gasteiger partial charge on any atom is -0.507 e. The molecule has 1 aliphatic rings. The maximum Gasteiger partial charge on any atom is 0.218 e. The Morgan fingerprint density at radius 2 is 1.77 bits per heavy atom. The Labute approximate surface area is 212 Å². The van der Waals surface area contributed by atoms with Gasteiger partial charge in [-0.2, -0.15) is 9.61 Å². The lowest BCUT2D eigenvalue weighted by molar-refractivity contribution is 0.282. The first-order valence-corrected chi connectivity index (χ1v) is 13.9. The number of benzene rings is 2. The number of sulfonamides is 1. The summed E-state index contributed by atoms with van der Waals surface area (Å²) in [5.41, 5.74) is 2.74. The second kappa shape index (κ2) is 9.96. The molecule has 0 radical (unpaired) electrons. The number of hydrogen-bond donors (Lipinski definition) is 2. The van der Waals surface area contributed by atoms with E-state index in [4.69, 9.17) is 0 Å². The van der Waals surface area contributed by atoms with Crippen LogP contribution in [0.15, 0.2) is 71.3 Å². The van der Waals surface area contributed by atoms with E-state index in [1.54, 1.807) is 27.2 Å². The first-order valence-electron chi connectivity index (χ1n) is 11.5. The van der Waals surface area contributed by atoms with Crippen molar-refractivity contribution in [2.45, 2.75) is 18.6 Å². The van der Waals surface area contributed by atoms with Gasteiger partial charge in [0, 0.05) is 31.3 Å². The highest BCUT2D eigenvalue weighted by Gasteiger charge is 2.28. The van der Waals surface area contributed by atoms with Gasteiger partial charge in [-0.1, -0.05) is 42.5 Å². The molecule has 0 amide bonds. The molecule has 0 atom stereocenters. The van der Waals surface area contributed by atoms with E-state index in [2.05, 4.69) is 31.3 Å². The number of phenolic OH excluding ortho intramolecular Hbond substituents is 1. The van der Waals surface area contributed by atoms with E-state index in [-0.39, 0.29) is 11.5 Å². The molecule has 5 rings (SSSR count). The van der Waals surface area contributed by atoms with Gasteiger partial charge in [0.15, 0.2) is 5.65 Å². The third-order valence-electron chi connectivity index (χ3n) is 6.34. The third kappa shape index (κ3) is 5.19. The SMILES string of the molecule is O=S(=O)(Cc1ccccc1)N1CCC(CNc2cc(-c3ccccc3O)nc3c(Br)cnn23)CC1. The van der Waals surface area contributed by atoms with E-state index < -0.39 is 10.0 Å². The van der Waals surface area contributed by atoms with Crippen molar-refractivity contribution in [3.8, 4) is 17.0 Å². The highest BCUT2D eigenvalue weighted by Crippen LogP contribution is 2.31. The third-order valence-corrected chi connectivity index (χ3v) is 8.75. The quantitative estimate of drug-likeness (QED) is 0.348. The van der Waals surface area contributed by atoms with Crippen molar-refractivity contribution >= 4 is 37.4 Å². The zero-order valence-electron chi connectivity index (χ0n) is 19.0. The molecular weight excluding hydrogens is 530 g/mol. The highest BCUT2D eigenvalue weighted by atomic mass is 79.9. The van der Waals surface area contributed by atoms with Crippen LogP contribution < -0.4 is 5.32 Å². The molecule has 0 saturated carbocycles. The summed E-state index contributed by atoms with van der Waals surface area (Å²) in [6.45, 7) is 1.72. The molecule has 4 aromatic rings. The first-order chi connectivity index (χ1) is 16.9. The van der Waals surface area contributed by atoms with Gasteiger partial charge in [0.2, 0.25) is 10.0 Å². The summed E-state index contributed by atoms with van der Waals surface area (Å²) in [5.74, 6) is 1.29. The molecule has 182 valence electrons. The van der Waals surface area contributed by atoms with Gasteiger partial charge in [0.05, 0.1) is 22.1 Å². The van der Waals surface area contributed by atoms with Crippen molar-refractivity contribution in [2.75, 3.05) is 25.0 Å². The van der Waals surface area contributed by atoms with Crippen LogP contribution in [-0.2, 0) is 15.8 Å². The fourth-order valence-corrected chi connectivity index (χ4v) is 6.32. The van der Waals surface area contributed by atoms with Crippen molar-refractivity contribution in [1.29, 1.82) is 0 Å². The van der Waals surface area contributed by atoms with Gasteiger partial charge in [0.1, 0.15) is 11.6 Å². The number of rotatable bonds is 7. The lowest BCUT2D eigenvalue weighted by Crippen LogP contribution is -2.40. The molecule has 2 aromatic carbocycles. The number of hydrogen-bond acceptors (Lipinski definition) is 6. The smallest absolute Gasteiger partial charge is 0.218 e. The minimum absolute atomic E-state index is 0.0367. The number of nitrogens with zero attached hydrogens (tertiary/aromatic N) is 4. The Bertz CT molecular complexity index is 1430. The van der Waals surface area contributed by atoms with Crippen LogP contribution >= 0.6 is 15.9 Å². The first kappa shape index (κ1) is 23.8. The van der Waals surface area contributed by atoms with Crippen LogP contribution in [0.4, 0.5) is 5.82 Å². The van der Waals surface area contributed by atoms with E-state index >= 15 is 0 Å².